The Balaban J connectivity index is 1.18. The van der Waals surface area contributed by atoms with Gasteiger partial charge in [-0.3, -0.25) is 14.9 Å². The van der Waals surface area contributed by atoms with E-state index in [2.05, 4.69) is 5.32 Å². The Labute approximate surface area is 293 Å². The van der Waals surface area contributed by atoms with Crippen molar-refractivity contribution in [2.75, 3.05) is 137 Å². The molecule has 0 aliphatic heterocycles. The summed E-state index contributed by atoms with van der Waals surface area (Å²) in [4.78, 5) is 21.2. The van der Waals surface area contributed by atoms with Crippen LogP contribution in [-0.2, 0) is 47.4 Å². The summed E-state index contributed by atoms with van der Waals surface area (Å²) < 4.78 is 60.3. The summed E-state index contributed by atoms with van der Waals surface area (Å²) in [5.74, 6) is 1.15. The maximum absolute atomic E-state index is 11.0. The van der Waals surface area contributed by atoms with Gasteiger partial charge >= 0.3 is 0 Å². The van der Waals surface area contributed by atoms with E-state index in [9.17, 15) is 14.9 Å². The maximum Gasteiger partial charge on any atom is 0.269 e. The third kappa shape index (κ3) is 24.6. The van der Waals surface area contributed by atoms with E-state index >= 15 is 0 Å². The Morgan fingerprint density at radius 3 is 1.00 bits per heavy atom. The van der Waals surface area contributed by atoms with Gasteiger partial charge in [-0.15, -0.1) is 0 Å². The van der Waals surface area contributed by atoms with E-state index in [1.165, 1.54) is 19.1 Å². The van der Waals surface area contributed by atoms with Gasteiger partial charge in [0.2, 0.25) is 5.91 Å². The van der Waals surface area contributed by atoms with Crippen molar-refractivity contribution in [1.29, 1.82) is 0 Å². The number of nitrogens with one attached hydrogen (secondary N) is 1. The molecule has 0 fully saturated rings. The third-order valence-electron chi connectivity index (χ3n) is 6.19. The second-order valence-electron chi connectivity index (χ2n) is 10.2. The summed E-state index contributed by atoms with van der Waals surface area (Å²) in [5.41, 5.74) is 0.748. The number of benzene rings is 2. The SMILES string of the molecule is CC(=O)Nc1ccc(OCCOCCOCCOCCOCCOCCOCCOCCOCCOCCOc2ccc([N+](=O)[O-])cc2)cc1. The van der Waals surface area contributed by atoms with Gasteiger partial charge in [0.15, 0.2) is 0 Å². The van der Waals surface area contributed by atoms with E-state index in [0.29, 0.717) is 144 Å². The van der Waals surface area contributed by atoms with Crippen LogP contribution in [0.2, 0.25) is 0 Å². The quantitative estimate of drug-likeness (QED) is 0.0637. The molecular formula is C34H52N2O14. The molecule has 0 unspecified atom stereocenters. The van der Waals surface area contributed by atoms with Gasteiger partial charge in [0, 0.05) is 24.7 Å². The van der Waals surface area contributed by atoms with Crippen LogP contribution in [0.4, 0.5) is 11.4 Å². The summed E-state index contributed by atoms with van der Waals surface area (Å²) in [6, 6.07) is 13.1. The number of hydrogen-bond acceptors (Lipinski definition) is 14. The van der Waals surface area contributed by atoms with E-state index < -0.39 is 4.92 Å². The lowest BCUT2D eigenvalue weighted by molar-refractivity contribution is -0.384. The smallest absolute Gasteiger partial charge is 0.269 e. The van der Waals surface area contributed by atoms with E-state index in [-0.39, 0.29) is 11.6 Å². The third-order valence-corrected chi connectivity index (χ3v) is 6.19. The summed E-state index contributed by atoms with van der Waals surface area (Å²) in [5, 5.41) is 13.3. The first-order valence-electron chi connectivity index (χ1n) is 16.6. The van der Waals surface area contributed by atoms with Gasteiger partial charge < -0.3 is 57.4 Å². The highest BCUT2D eigenvalue weighted by molar-refractivity contribution is 5.88. The van der Waals surface area contributed by atoms with E-state index in [1.807, 2.05) is 0 Å². The van der Waals surface area contributed by atoms with Crippen LogP contribution >= 0.6 is 0 Å². The minimum Gasteiger partial charge on any atom is -0.491 e. The number of nitro benzene ring substituents is 1. The van der Waals surface area contributed by atoms with E-state index in [4.69, 9.17) is 52.1 Å². The zero-order valence-corrected chi connectivity index (χ0v) is 28.9. The second-order valence-corrected chi connectivity index (χ2v) is 10.2. The highest BCUT2D eigenvalue weighted by Gasteiger charge is 2.04. The molecule has 0 spiro atoms. The predicted octanol–water partition coefficient (Wildman–Crippen LogP) is 3.16. The van der Waals surface area contributed by atoms with Crippen LogP contribution in [0.25, 0.3) is 0 Å². The van der Waals surface area contributed by atoms with Crippen LogP contribution in [0, 0.1) is 10.1 Å². The molecule has 0 radical (unpaired) electrons. The minimum absolute atomic E-state index is 0.0223. The van der Waals surface area contributed by atoms with Gasteiger partial charge in [0.1, 0.15) is 24.7 Å². The fourth-order valence-corrected chi connectivity index (χ4v) is 3.80. The summed E-state index contributed by atoms with van der Waals surface area (Å²) >= 11 is 0. The molecule has 50 heavy (non-hydrogen) atoms. The Morgan fingerprint density at radius 1 is 0.480 bits per heavy atom. The Kier molecular flexibility index (Phi) is 26.0. The van der Waals surface area contributed by atoms with Crippen LogP contribution in [-0.4, -0.2) is 143 Å². The Bertz CT molecular complexity index is 1110. The first-order chi connectivity index (χ1) is 24.5. The monoisotopic (exact) mass is 712 g/mol. The number of carbonyl (C=O) groups is 1. The van der Waals surface area contributed by atoms with Crippen molar-refractivity contribution in [2.24, 2.45) is 0 Å². The number of ether oxygens (including phenoxy) is 11. The summed E-state index contributed by atoms with van der Waals surface area (Å²) in [7, 11) is 0. The van der Waals surface area contributed by atoms with Crippen LogP contribution in [0.15, 0.2) is 48.5 Å². The van der Waals surface area contributed by atoms with Crippen LogP contribution < -0.4 is 14.8 Å². The zero-order chi connectivity index (χ0) is 35.7. The molecule has 2 aromatic carbocycles. The van der Waals surface area contributed by atoms with Crippen molar-refractivity contribution in [3.8, 4) is 11.5 Å². The van der Waals surface area contributed by atoms with Crippen molar-refractivity contribution >= 4 is 17.3 Å². The topological polar surface area (TPSA) is 174 Å². The molecule has 2 rings (SSSR count). The van der Waals surface area contributed by atoms with Crippen LogP contribution in [0.3, 0.4) is 0 Å². The number of nitro groups is 1. The lowest BCUT2D eigenvalue weighted by Gasteiger charge is -2.09. The molecule has 1 amide bonds. The molecule has 0 atom stereocenters. The molecule has 0 saturated heterocycles. The second kappa shape index (κ2) is 30.4. The standard InChI is InChI=1S/C34H52N2O14/c1-30(37)35-31-2-6-33(7-3-31)49-28-26-47-24-22-45-20-18-43-16-14-41-12-10-40-11-13-42-15-17-44-19-21-46-23-25-48-27-29-50-34-8-4-32(5-9-34)36(38)39/h2-9H,10-29H2,1H3,(H,35,37). The lowest BCUT2D eigenvalue weighted by atomic mass is 10.3. The van der Waals surface area contributed by atoms with Crippen molar-refractivity contribution in [2.45, 2.75) is 6.92 Å². The number of non-ortho nitro benzene ring substituents is 1. The van der Waals surface area contributed by atoms with Gasteiger partial charge in [-0.25, -0.2) is 0 Å². The highest BCUT2D eigenvalue weighted by atomic mass is 16.6. The van der Waals surface area contributed by atoms with Crippen molar-refractivity contribution in [1.82, 2.24) is 0 Å². The Hall–Kier alpha value is -3.45. The molecule has 2 aromatic rings. The summed E-state index contributed by atoms with van der Waals surface area (Å²) in [6.07, 6.45) is 0. The molecule has 16 heteroatoms. The molecule has 1 N–H and O–H groups in total. The molecule has 0 heterocycles. The number of amides is 1. The molecule has 0 aliphatic carbocycles. The van der Waals surface area contributed by atoms with E-state index in [0.717, 1.165) is 5.69 Å². The van der Waals surface area contributed by atoms with Crippen LogP contribution in [0.1, 0.15) is 6.92 Å². The zero-order valence-electron chi connectivity index (χ0n) is 28.9. The number of anilines is 1. The number of carbonyl (C=O) groups excluding carboxylic acids is 1. The van der Waals surface area contributed by atoms with Gasteiger partial charge in [0.25, 0.3) is 5.69 Å². The molecule has 0 saturated carbocycles. The van der Waals surface area contributed by atoms with Gasteiger partial charge in [0.05, 0.1) is 124 Å². The number of hydrogen-bond donors (Lipinski definition) is 1. The molecule has 0 aliphatic rings. The summed E-state index contributed by atoms with van der Waals surface area (Å²) in [6.45, 7) is 10.6. The predicted molar refractivity (Wildman–Crippen MR) is 182 cm³/mol. The highest BCUT2D eigenvalue weighted by Crippen LogP contribution is 2.17. The first-order valence-corrected chi connectivity index (χ1v) is 16.6. The molecule has 16 nitrogen and oxygen atoms in total. The van der Waals surface area contributed by atoms with Crippen molar-refractivity contribution < 1.29 is 61.8 Å². The first kappa shape index (κ1) is 42.7. The normalized spacial score (nSPS) is 11.1. The molecular weight excluding hydrogens is 660 g/mol. The van der Waals surface area contributed by atoms with Crippen LogP contribution in [0.5, 0.6) is 11.5 Å². The van der Waals surface area contributed by atoms with Crippen molar-refractivity contribution in [3.63, 3.8) is 0 Å². The molecule has 0 bridgehead atoms. The Morgan fingerprint density at radius 2 is 0.740 bits per heavy atom. The van der Waals surface area contributed by atoms with Crippen molar-refractivity contribution in [3.05, 3.63) is 58.6 Å². The molecule has 282 valence electrons. The van der Waals surface area contributed by atoms with Gasteiger partial charge in [-0.1, -0.05) is 0 Å². The van der Waals surface area contributed by atoms with Gasteiger partial charge in [-0.2, -0.15) is 0 Å². The maximum atomic E-state index is 11.0. The fourth-order valence-electron chi connectivity index (χ4n) is 3.80. The number of nitrogens with zero attached hydrogens (tertiary/aromatic N) is 1. The van der Waals surface area contributed by atoms with Gasteiger partial charge in [-0.05, 0) is 36.4 Å². The average molecular weight is 713 g/mol. The lowest BCUT2D eigenvalue weighted by Crippen LogP contribution is -2.15. The fraction of sp³-hybridized carbons (Fsp3) is 0.618. The largest absolute Gasteiger partial charge is 0.491 e. The average Bonchev–Trinajstić information content (AvgIpc) is 3.11. The van der Waals surface area contributed by atoms with E-state index in [1.54, 1.807) is 36.4 Å². The number of rotatable bonds is 34. The molecule has 0 aromatic heterocycles. The minimum atomic E-state index is -0.454.